The van der Waals surface area contributed by atoms with E-state index in [9.17, 15) is 14.7 Å². The van der Waals surface area contributed by atoms with Gasteiger partial charge in [-0.05, 0) is 18.8 Å². The molecule has 1 saturated carbocycles. The molecule has 90 valence electrons. The summed E-state index contributed by atoms with van der Waals surface area (Å²) in [5.41, 5.74) is -1.07. The van der Waals surface area contributed by atoms with Crippen molar-refractivity contribution in [3.8, 4) is 0 Å². The van der Waals surface area contributed by atoms with Crippen LogP contribution in [0.1, 0.15) is 39.0 Å². The predicted molar refractivity (Wildman–Crippen MR) is 61.0 cm³/mol. The Labute approximate surface area is 95.7 Å². The highest BCUT2D eigenvalue weighted by Gasteiger charge is 2.45. The highest BCUT2D eigenvalue weighted by molar-refractivity contribution is 5.87. The first-order valence-corrected chi connectivity index (χ1v) is 5.68. The van der Waals surface area contributed by atoms with Crippen molar-refractivity contribution in [1.82, 2.24) is 5.32 Å². The molecule has 0 radical (unpaired) electrons. The third-order valence-electron chi connectivity index (χ3n) is 3.37. The average Bonchev–Trinajstić information content (AvgIpc) is 2.21. The minimum absolute atomic E-state index is 0.0208. The summed E-state index contributed by atoms with van der Waals surface area (Å²) < 4.78 is 0. The molecule has 2 atom stereocenters. The summed E-state index contributed by atoms with van der Waals surface area (Å²) in [6.45, 7) is 5.36. The Kier molecular flexibility index (Phi) is 4.10. The smallest absolute Gasteiger partial charge is 0.329 e. The summed E-state index contributed by atoms with van der Waals surface area (Å²) in [6.07, 6.45) is 4.91. The fourth-order valence-corrected chi connectivity index (χ4v) is 2.33. The van der Waals surface area contributed by atoms with Crippen LogP contribution >= 0.6 is 0 Å². The van der Waals surface area contributed by atoms with Crippen LogP contribution in [0, 0.1) is 5.92 Å². The van der Waals surface area contributed by atoms with Gasteiger partial charge in [-0.3, -0.25) is 4.79 Å². The lowest BCUT2D eigenvalue weighted by Gasteiger charge is -2.39. The molecule has 0 aromatic carbocycles. The number of carboxylic acid groups (broad SMARTS) is 1. The van der Waals surface area contributed by atoms with Crippen molar-refractivity contribution in [2.24, 2.45) is 5.92 Å². The molecule has 2 unspecified atom stereocenters. The third kappa shape index (κ3) is 2.43. The van der Waals surface area contributed by atoms with Crippen LogP contribution in [0.5, 0.6) is 0 Å². The Morgan fingerprint density at radius 1 is 1.56 bits per heavy atom. The molecule has 1 aliphatic rings. The predicted octanol–water partition coefficient (Wildman–Crippen LogP) is 1.71. The summed E-state index contributed by atoms with van der Waals surface area (Å²) in [5.74, 6) is -1.20. The number of hydrogen-bond acceptors (Lipinski definition) is 2. The quantitative estimate of drug-likeness (QED) is 0.716. The standard InChI is InChI=1S/C12H19NO3/c1-3-6-10(14)13-12(11(15)16)8-5-4-7-9(12)2/h3,9H,1,4-8H2,2H3,(H,13,14)(H,15,16). The normalized spacial score (nSPS) is 29.4. The van der Waals surface area contributed by atoms with E-state index in [1.807, 2.05) is 6.92 Å². The fraction of sp³-hybridized carbons (Fsp3) is 0.667. The lowest BCUT2D eigenvalue weighted by molar-refractivity contribution is -0.151. The molecule has 2 N–H and O–H groups in total. The molecule has 16 heavy (non-hydrogen) atoms. The average molecular weight is 225 g/mol. The van der Waals surface area contributed by atoms with Gasteiger partial charge in [0.15, 0.2) is 0 Å². The zero-order valence-electron chi connectivity index (χ0n) is 9.66. The second-order valence-corrected chi connectivity index (χ2v) is 4.46. The van der Waals surface area contributed by atoms with Gasteiger partial charge in [0.25, 0.3) is 0 Å². The van der Waals surface area contributed by atoms with E-state index < -0.39 is 11.5 Å². The van der Waals surface area contributed by atoms with Crippen LogP contribution in [0.4, 0.5) is 0 Å². The van der Waals surface area contributed by atoms with Crippen molar-refractivity contribution < 1.29 is 14.7 Å². The lowest BCUT2D eigenvalue weighted by Crippen LogP contribution is -2.59. The van der Waals surface area contributed by atoms with Crippen molar-refractivity contribution in [1.29, 1.82) is 0 Å². The number of hydrogen-bond donors (Lipinski definition) is 2. The van der Waals surface area contributed by atoms with Crippen LogP contribution in [0.15, 0.2) is 12.7 Å². The number of amides is 1. The highest BCUT2D eigenvalue weighted by atomic mass is 16.4. The monoisotopic (exact) mass is 225 g/mol. The molecule has 1 aliphatic carbocycles. The molecule has 0 aromatic heterocycles. The van der Waals surface area contributed by atoms with Crippen LogP contribution in [-0.2, 0) is 9.59 Å². The number of aliphatic carboxylic acids is 1. The van der Waals surface area contributed by atoms with Gasteiger partial charge in [-0.2, -0.15) is 0 Å². The fourth-order valence-electron chi connectivity index (χ4n) is 2.33. The van der Waals surface area contributed by atoms with Crippen molar-refractivity contribution in [2.45, 2.75) is 44.6 Å². The number of carbonyl (C=O) groups is 2. The van der Waals surface area contributed by atoms with Crippen LogP contribution in [0.25, 0.3) is 0 Å². The van der Waals surface area contributed by atoms with Gasteiger partial charge in [-0.25, -0.2) is 4.79 Å². The Morgan fingerprint density at radius 3 is 2.75 bits per heavy atom. The van der Waals surface area contributed by atoms with E-state index in [-0.39, 0.29) is 18.2 Å². The van der Waals surface area contributed by atoms with Crippen molar-refractivity contribution in [3.05, 3.63) is 12.7 Å². The van der Waals surface area contributed by atoms with Gasteiger partial charge in [0.2, 0.25) is 5.91 Å². The number of carbonyl (C=O) groups excluding carboxylic acids is 1. The molecule has 1 amide bonds. The second kappa shape index (κ2) is 5.14. The molecular formula is C12H19NO3. The molecule has 4 nitrogen and oxygen atoms in total. The summed E-state index contributed by atoms with van der Waals surface area (Å²) in [6, 6.07) is 0. The van der Waals surface area contributed by atoms with E-state index in [1.54, 1.807) is 0 Å². The SMILES string of the molecule is C=CCC(=O)NC1(C(=O)O)CCCCC1C. The van der Waals surface area contributed by atoms with Crippen LogP contribution in [0.3, 0.4) is 0 Å². The molecular weight excluding hydrogens is 206 g/mol. The van der Waals surface area contributed by atoms with Crippen LogP contribution in [-0.4, -0.2) is 22.5 Å². The molecule has 0 spiro atoms. The first-order chi connectivity index (χ1) is 7.53. The summed E-state index contributed by atoms with van der Waals surface area (Å²) in [4.78, 5) is 22.9. The van der Waals surface area contributed by atoms with E-state index in [0.29, 0.717) is 6.42 Å². The molecule has 0 aliphatic heterocycles. The maximum absolute atomic E-state index is 11.5. The molecule has 1 rings (SSSR count). The van der Waals surface area contributed by atoms with Gasteiger partial charge < -0.3 is 10.4 Å². The maximum atomic E-state index is 11.5. The third-order valence-corrected chi connectivity index (χ3v) is 3.37. The van der Waals surface area contributed by atoms with E-state index in [4.69, 9.17) is 0 Å². The summed E-state index contributed by atoms with van der Waals surface area (Å²) >= 11 is 0. The summed E-state index contributed by atoms with van der Waals surface area (Å²) in [5, 5.41) is 12.0. The first-order valence-electron chi connectivity index (χ1n) is 5.68. The molecule has 0 aromatic rings. The van der Waals surface area contributed by atoms with E-state index >= 15 is 0 Å². The molecule has 1 fully saturated rings. The first kappa shape index (κ1) is 12.7. The van der Waals surface area contributed by atoms with Gasteiger partial charge in [-0.1, -0.05) is 25.8 Å². The summed E-state index contributed by atoms with van der Waals surface area (Å²) in [7, 11) is 0. The van der Waals surface area contributed by atoms with Gasteiger partial charge in [0.05, 0.1) is 0 Å². The highest BCUT2D eigenvalue weighted by Crippen LogP contribution is 2.34. The molecule has 0 saturated heterocycles. The maximum Gasteiger partial charge on any atom is 0.329 e. The Balaban J connectivity index is 2.83. The van der Waals surface area contributed by atoms with E-state index in [1.165, 1.54) is 6.08 Å². The topological polar surface area (TPSA) is 66.4 Å². The Morgan fingerprint density at radius 2 is 2.25 bits per heavy atom. The number of rotatable bonds is 4. The second-order valence-electron chi connectivity index (χ2n) is 4.46. The van der Waals surface area contributed by atoms with Crippen molar-refractivity contribution in [3.63, 3.8) is 0 Å². The van der Waals surface area contributed by atoms with Gasteiger partial charge >= 0.3 is 5.97 Å². The molecule has 4 heteroatoms. The van der Waals surface area contributed by atoms with Crippen molar-refractivity contribution >= 4 is 11.9 Å². The molecule has 0 bridgehead atoms. The van der Waals surface area contributed by atoms with Crippen LogP contribution < -0.4 is 5.32 Å². The van der Waals surface area contributed by atoms with Crippen molar-refractivity contribution in [2.75, 3.05) is 0 Å². The Bertz CT molecular complexity index is 301. The van der Waals surface area contributed by atoms with Gasteiger partial charge in [0.1, 0.15) is 5.54 Å². The minimum Gasteiger partial charge on any atom is -0.479 e. The van der Waals surface area contributed by atoms with Gasteiger partial charge in [-0.15, -0.1) is 6.58 Å². The minimum atomic E-state index is -1.07. The molecule has 0 heterocycles. The van der Waals surface area contributed by atoms with E-state index in [2.05, 4.69) is 11.9 Å². The largest absolute Gasteiger partial charge is 0.479 e. The van der Waals surface area contributed by atoms with E-state index in [0.717, 1.165) is 19.3 Å². The number of nitrogens with one attached hydrogen (secondary N) is 1. The Hall–Kier alpha value is -1.32. The zero-order chi connectivity index (χ0) is 12.2. The van der Waals surface area contributed by atoms with Gasteiger partial charge in [0, 0.05) is 6.42 Å². The zero-order valence-corrected chi connectivity index (χ0v) is 9.66. The lowest BCUT2D eigenvalue weighted by atomic mass is 9.73. The van der Waals surface area contributed by atoms with Crippen LogP contribution in [0.2, 0.25) is 0 Å². The number of carboxylic acids is 1.